The van der Waals surface area contributed by atoms with Crippen molar-refractivity contribution in [3.05, 3.63) is 41.6 Å². The van der Waals surface area contributed by atoms with Gasteiger partial charge in [0.25, 0.3) is 0 Å². The van der Waals surface area contributed by atoms with Crippen LogP contribution in [0, 0.1) is 0 Å². The van der Waals surface area contributed by atoms with Crippen LogP contribution in [0.15, 0.2) is 36.0 Å². The number of hydrogen-bond donors (Lipinski definition) is 2. The van der Waals surface area contributed by atoms with Gasteiger partial charge in [0.05, 0.1) is 12.7 Å². The molecular formula is C13H16N2O3. The summed E-state index contributed by atoms with van der Waals surface area (Å²) in [5.41, 5.74) is 2.03. The first-order valence-electron chi connectivity index (χ1n) is 5.42. The molecule has 0 aromatic heterocycles. The summed E-state index contributed by atoms with van der Waals surface area (Å²) < 4.78 is 4.58. The van der Waals surface area contributed by atoms with Crippen LogP contribution in [0.5, 0.6) is 0 Å². The van der Waals surface area contributed by atoms with E-state index < -0.39 is 5.97 Å². The van der Waals surface area contributed by atoms with Crippen molar-refractivity contribution >= 4 is 17.7 Å². The number of carbonyl (C=O) groups is 2. The molecule has 0 radical (unpaired) electrons. The van der Waals surface area contributed by atoms with Crippen molar-refractivity contribution in [3.8, 4) is 0 Å². The molecule has 0 fully saturated rings. The molecule has 2 N–H and O–H groups in total. The molecule has 0 aliphatic carbocycles. The second-order valence-corrected chi connectivity index (χ2v) is 3.89. The monoisotopic (exact) mass is 248 g/mol. The van der Waals surface area contributed by atoms with E-state index in [-0.39, 0.29) is 6.03 Å². The van der Waals surface area contributed by atoms with Crippen molar-refractivity contribution < 1.29 is 14.3 Å². The number of benzene rings is 1. The lowest BCUT2D eigenvalue weighted by molar-refractivity contribution is 0.0601. The van der Waals surface area contributed by atoms with E-state index in [0.717, 1.165) is 5.57 Å². The number of hydrogen-bond acceptors (Lipinski definition) is 3. The molecule has 1 aromatic carbocycles. The Balaban J connectivity index is 2.61. The van der Waals surface area contributed by atoms with Crippen molar-refractivity contribution in [3.63, 3.8) is 0 Å². The smallest absolute Gasteiger partial charge is 0.337 e. The quantitative estimate of drug-likeness (QED) is 0.808. The van der Waals surface area contributed by atoms with Crippen LogP contribution in [0.25, 0.3) is 0 Å². The molecule has 1 aromatic rings. The van der Waals surface area contributed by atoms with Crippen molar-refractivity contribution in [1.29, 1.82) is 0 Å². The lowest BCUT2D eigenvalue weighted by atomic mass is 10.2. The molecule has 0 saturated heterocycles. The van der Waals surface area contributed by atoms with Gasteiger partial charge in [-0.05, 0) is 38.1 Å². The number of allylic oxidation sites excluding steroid dienone is 1. The lowest BCUT2D eigenvalue weighted by Crippen LogP contribution is -2.24. The average molecular weight is 248 g/mol. The average Bonchev–Trinajstić information content (AvgIpc) is 2.36. The predicted molar refractivity (Wildman–Crippen MR) is 69.4 cm³/mol. The molecule has 5 heteroatoms. The minimum absolute atomic E-state index is 0.331. The Hall–Kier alpha value is -2.30. The second-order valence-electron chi connectivity index (χ2n) is 3.89. The van der Waals surface area contributed by atoms with Gasteiger partial charge >= 0.3 is 12.0 Å². The third-order valence-electron chi connectivity index (χ3n) is 2.06. The number of ether oxygens (including phenoxy) is 1. The highest BCUT2D eigenvalue weighted by atomic mass is 16.5. The van der Waals surface area contributed by atoms with E-state index in [1.807, 2.05) is 13.8 Å². The summed E-state index contributed by atoms with van der Waals surface area (Å²) in [5, 5.41) is 5.21. The molecule has 2 amide bonds. The first-order chi connectivity index (χ1) is 8.52. The molecule has 0 bridgehead atoms. The predicted octanol–water partition coefficient (Wildman–Crippen LogP) is 2.52. The second kappa shape index (κ2) is 6.44. The standard InChI is InChI=1S/C13H16N2O3/c1-9(2)8-14-13(17)15-11-6-4-10(5-7-11)12(16)18-3/h4-8H,1-3H3,(H2,14,15,17). The highest BCUT2D eigenvalue weighted by molar-refractivity contribution is 5.92. The molecule has 0 saturated carbocycles. The molecule has 18 heavy (non-hydrogen) atoms. The highest BCUT2D eigenvalue weighted by Crippen LogP contribution is 2.10. The van der Waals surface area contributed by atoms with E-state index in [9.17, 15) is 9.59 Å². The summed E-state index contributed by atoms with van der Waals surface area (Å²) >= 11 is 0. The van der Waals surface area contributed by atoms with Gasteiger partial charge < -0.3 is 15.4 Å². The van der Waals surface area contributed by atoms with Crippen LogP contribution in [0.1, 0.15) is 24.2 Å². The summed E-state index contributed by atoms with van der Waals surface area (Å²) in [6.45, 7) is 3.76. The van der Waals surface area contributed by atoms with Crippen LogP contribution >= 0.6 is 0 Å². The Kier molecular flexibility index (Phi) is 4.92. The topological polar surface area (TPSA) is 67.4 Å². The molecule has 96 valence electrons. The van der Waals surface area contributed by atoms with E-state index in [4.69, 9.17) is 0 Å². The molecule has 0 atom stereocenters. The largest absolute Gasteiger partial charge is 0.465 e. The van der Waals surface area contributed by atoms with Gasteiger partial charge in [0.2, 0.25) is 0 Å². The van der Waals surface area contributed by atoms with Crippen LogP contribution in [0.2, 0.25) is 0 Å². The first kappa shape index (κ1) is 13.8. The van der Waals surface area contributed by atoms with Crippen LogP contribution in [-0.2, 0) is 4.74 Å². The number of anilines is 1. The fourth-order valence-corrected chi connectivity index (χ4v) is 1.18. The SMILES string of the molecule is COC(=O)c1ccc(NC(=O)NC=C(C)C)cc1. The van der Waals surface area contributed by atoms with Crippen LogP contribution in [0.3, 0.4) is 0 Å². The zero-order valence-electron chi connectivity index (χ0n) is 10.6. The summed E-state index contributed by atoms with van der Waals surface area (Å²) in [7, 11) is 1.32. The molecule has 0 unspecified atom stereocenters. The van der Waals surface area contributed by atoms with Crippen molar-refractivity contribution in [2.75, 3.05) is 12.4 Å². The minimum atomic E-state index is -0.407. The van der Waals surface area contributed by atoms with Crippen LogP contribution < -0.4 is 10.6 Å². The van der Waals surface area contributed by atoms with Gasteiger partial charge in [-0.15, -0.1) is 0 Å². The van der Waals surface area contributed by atoms with Crippen molar-refractivity contribution in [1.82, 2.24) is 5.32 Å². The number of methoxy groups -OCH3 is 1. The lowest BCUT2D eigenvalue weighted by Gasteiger charge is -2.05. The Bertz CT molecular complexity index is 460. The maximum absolute atomic E-state index is 11.4. The van der Waals surface area contributed by atoms with E-state index in [2.05, 4.69) is 15.4 Å². The van der Waals surface area contributed by atoms with Gasteiger partial charge in [-0.2, -0.15) is 0 Å². The molecular weight excluding hydrogens is 232 g/mol. The third kappa shape index (κ3) is 4.29. The fraction of sp³-hybridized carbons (Fsp3) is 0.231. The van der Waals surface area contributed by atoms with E-state index in [1.165, 1.54) is 7.11 Å². The van der Waals surface area contributed by atoms with Gasteiger partial charge in [-0.3, -0.25) is 0 Å². The van der Waals surface area contributed by atoms with Gasteiger partial charge in [0, 0.05) is 11.9 Å². The molecule has 0 heterocycles. The third-order valence-corrected chi connectivity index (χ3v) is 2.06. The summed E-state index contributed by atoms with van der Waals surface area (Å²) in [6, 6.07) is 6.11. The molecule has 0 aliphatic heterocycles. The fourth-order valence-electron chi connectivity index (χ4n) is 1.18. The Labute approximate surface area is 106 Å². The van der Waals surface area contributed by atoms with E-state index >= 15 is 0 Å². The van der Waals surface area contributed by atoms with E-state index in [1.54, 1.807) is 30.5 Å². The zero-order chi connectivity index (χ0) is 13.5. The highest BCUT2D eigenvalue weighted by Gasteiger charge is 2.05. The van der Waals surface area contributed by atoms with Gasteiger partial charge in [0.15, 0.2) is 0 Å². The number of carbonyl (C=O) groups excluding carboxylic acids is 2. The first-order valence-corrected chi connectivity index (χ1v) is 5.42. The number of amides is 2. The Morgan fingerprint density at radius 1 is 1.17 bits per heavy atom. The summed E-state index contributed by atoms with van der Waals surface area (Å²) in [5.74, 6) is -0.407. The number of esters is 1. The number of rotatable bonds is 3. The molecule has 5 nitrogen and oxygen atoms in total. The number of nitrogens with one attached hydrogen (secondary N) is 2. The van der Waals surface area contributed by atoms with Gasteiger partial charge in [0.1, 0.15) is 0 Å². The Morgan fingerprint density at radius 3 is 2.28 bits per heavy atom. The van der Waals surface area contributed by atoms with Crippen LogP contribution in [0.4, 0.5) is 10.5 Å². The van der Waals surface area contributed by atoms with Crippen molar-refractivity contribution in [2.24, 2.45) is 0 Å². The molecule has 0 spiro atoms. The summed E-state index contributed by atoms with van der Waals surface area (Å²) in [6.07, 6.45) is 1.61. The van der Waals surface area contributed by atoms with Crippen LogP contribution in [-0.4, -0.2) is 19.1 Å². The maximum atomic E-state index is 11.4. The number of urea groups is 1. The molecule has 0 aliphatic rings. The van der Waals surface area contributed by atoms with Gasteiger partial charge in [-0.25, -0.2) is 9.59 Å². The Morgan fingerprint density at radius 2 is 1.78 bits per heavy atom. The minimum Gasteiger partial charge on any atom is -0.465 e. The van der Waals surface area contributed by atoms with E-state index in [0.29, 0.717) is 11.3 Å². The summed E-state index contributed by atoms with van der Waals surface area (Å²) in [4.78, 5) is 22.6. The van der Waals surface area contributed by atoms with Gasteiger partial charge in [-0.1, -0.05) is 5.57 Å². The zero-order valence-corrected chi connectivity index (χ0v) is 10.6. The molecule has 1 rings (SSSR count). The normalized spacial score (nSPS) is 9.28. The van der Waals surface area contributed by atoms with Crippen molar-refractivity contribution in [2.45, 2.75) is 13.8 Å². The maximum Gasteiger partial charge on any atom is 0.337 e.